The first kappa shape index (κ1) is 19.6. The Bertz CT molecular complexity index is 451. The fourth-order valence-electron chi connectivity index (χ4n) is 2.69. The summed E-state index contributed by atoms with van der Waals surface area (Å²) in [6, 6.07) is 6.48. The van der Waals surface area contributed by atoms with E-state index in [9.17, 15) is 0 Å². The number of allylic oxidation sites excluding steroid dienone is 1. The third-order valence-electron chi connectivity index (χ3n) is 4.48. The molecule has 0 spiro atoms. The maximum atomic E-state index is 4.07. The summed E-state index contributed by atoms with van der Waals surface area (Å²) in [7, 11) is 0. The quantitative estimate of drug-likeness (QED) is 0.439. The van der Waals surface area contributed by atoms with Crippen molar-refractivity contribution in [3.05, 3.63) is 41.6 Å². The lowest BCUT2D eigenvalue weighted by atomic mass is 10.1. The van der Waals surface area contributed by atoms with Crippen LogP contribution in [0.5, 0.6) is 0 Å². The Labute approximate surface area is 143 Å². The van der Waals surface area contributed by atoms with Gasteiger partial charge in [0.25, 0.3) is 0 Å². The standard InChI is InChI=1S/C21H36N2/c1-5-6-14-19(3)22-16-10-8-7-9-11-17-23-21-15-12-13-18(2)20(21)4/h12-13,15,22-23H,3,5-11,14,16-17H2,1-2,4H3. The Balaban J connectivity index is 1.96. The topological polar surface area (TPSA) is 24.1 Å². The Morgan fingerprint density at radius 3 is 2.39 bits per heavy atom. The number of rotatable bonds is 13. The highest BCUT2D eigenvalue weighted by Gasteiger charge is 1.99. The highest BCUT2D eigenvalue weighted by molar-refractivity contribution is 5.53. The maximum absolute atomic E-state index is 4.07. The molecule has 0 aromatic heterocycles. The van der Waals surface area contributed by atoms with Gasteiger partial charge < -0.3 is 10.6 Å². The average Bonchev–Trinajstić information content (AvgIpc) is 2.55. The van der Waals surface area contributed by atoms with Crippen LogP contribution >= 0.6 is 0 Å². The largest absolute Gasteiger partial charge is 0.389 e. The molecule has 0 unspecified atom stereocenters. The molecule has 23 heavy (non-hydrogen) atoms. The second kappa shape index (κ2) is 12.0. The van der Waals surface area contributed by atoms with E-state index in [1.807, 2.05) is 0 Å². The molecule has 1 rings (SSSR count). The summed E-state index contributed by atoms with van der Waals surface area (Å²) >= 11 is 0. The molecule has 0 amide bonds. The van der Waals surface area contributed by atoms with E-state index in [-0.39, 0.29) is 0 Å². The number of unbranched alkanes of at least 4 members (excludes halogenated alkanes) is 5. The molecule has 130 valence electrons. The van der Waals surface area contributed by atoms with Gasteiger partial charge in [-0.15, -0.1) is 0 Å². The van der Waals surface area contributed by atoms with Gasteiger partial charge in [0.2, 0.25) is 0 Å². The Morgan fingerprint density at radius 2 is 1.65 bits per heavy atom. The van der Waals surface area contributed by atoms with Crippen LogP contribution in [0.25, 0.3) is 0 Å². The van der Waals surface area contributed by atoms with Crippen LogP contribution in [0.1, 0.15) is 69.4 Å². The summed E-state index contributed by atoms with van der Waals surface area (Å²) in [6.07, 6.45) is 10.1. The number of hydrogen-bond acceptors (Lipinski definition) is 2. The zero-order valence-corrected chi connectivity index (χ0v) is 15.5. The zero-order chi connectivity index (χ0) is 16.9. The minimum absolute atomic E-state index is 1.08. The molecule has 0 aliphatic carbocycles. The van der Waals surface area contributed by atoms with Gasteiger partial charge in [-0.2, -0.15) is 0 Å². The van der Waals surface area contributed by atoms with Gasteiger partial charge in [-0.3, -0.25) is 0 Å². The van der Waals surface area contributed by atoms with Gasteiger partial charge in [0.15, 0.2) is 0 Å². The van der Waals surface area contributed by atoms with Crippen LogP contribution in [0.4, 0.5) is 5.69 Å². The van der Waals surface area contributed by atoms with E-state index in [1.54, 1.807) is 0 Å². The van der Waals surface area contributed by atoms with Crippen LogP contribution in [-0.2, 0) is 0 Å². The summed E-state index contributed by atoms with van der Waals surface area (Å²) in [6.45, 7) is 12.8. The van der Waals surface area contributed by atoms with Crippen LogP contribution in [0.15, 0.2) is 30.5 Å². The van der Waals surface area contributed by atoms with E-state index in [0.29, 0.717) is 0 Å². The van der Waals surface area contributed by atoms with Crippen molar-refractivity contribution in [1.29, 1.82) is 0 Å². The van der Waals surface area contributed by atoms with Gasteiger partial charge in [0.05, 0.1) is 0 Å². The first-order valence-electron chi connectivity index (χ1n) is 9.37. The van der Waals surface area contributed by atoms with Crippen molar-refractivity contribution in [2.75, 3.05) is 18.4 Å². The Hall–Kier alpha value is -1.44. The summed E-state index contributed by atoms with van der Waals surface area (Å²) in [4.78, 5) is 0. The Kier molecular flexibility index (Phi) is 10.3. The van der Waals surface area contributed by atoms with E-state index in [0.717, 1.165) is 19.5 Å². The van der Waals surface area contributed by atoms with E-state index in [4.69, 9.17) is 0 Å². The molecule has 2 N–H and O–H groups in total. The summed E-state index contributed by atoms with van der Waals surface area (Å²) in [5.41, 5.74) is 5.24. The van der Waals surface area contributed by atoms with E-state index < -0.39 is 0 Å². The normalized spacial score (nSPS) is 10.6. The smallest absolute Gasteiger partial charge is 0.0372 e. The molecule has 1 aromatic rings. The van der Waals surface area contributed by atoms with Gasteiger partial charge in [-0.1, -0.05) is 51.3 Å². The van der Waals surface area contributed by atoms with Crippen LogP contribution < -0.4 is 10.6 Å². The monoisotopic (exact) mass is 316 g/mol. The van der Waals surface area contributed by atoms with Gasteiger partial charge in [0.1, 0.15) is 0 Å². The minimum Gasteiger partial charge on any atom is -0.389 e. The van der Waals surface area contributed by atoms with Gasteiger partial charge in [0, 0.05) is 24.5 Å². The minimum atomic E-state index is 1.08. The van der Waals surface area contributed by atoms with Crippen molar-refractivity contribution in [1.82, 2.24) is 5.32 Å². The fraction of sp³-hybridized carbons (Fsp3) is 0.619. The molecule has 0 radical (unpaired) electrons. The summed E-state index contributed by atoms with van der Waals surface area (Å²) in [5, 5.41) is 7.01. The van der Waals surface area contributed by atoms with Crippen molar-refractivity contribution >= 4 is 5.69 Å². The van der Waals surface area contributed by atoms with Crippen LogP contribution in [-0.4, -0.2) is 13.1 Å². The second-order valence-electron chi connectivity index (χ2n) is 6.58. The number of aryl methyl sites for hydroxylation is 1. The third kappa shape index (κ3) is 8.68. The number of hydrogen-bond donors (Lipinski definition) is 2. The number of benzene rings is 1. The van der Waals surface area contributed by atoms with Crippen molar-refractivity contribution in [3.63, 3.8) is 0 Å². The van der Waals surface area contributed by atoms with Crippen LogP contribution in [0, 0.1) is 13.8 Å². The SMILES string of the molecule is C=C(CCCC)NCCCCCCCNc1cccc(C)c1C. The van der Waals surface area contributed by atoms with Crippen molar-refractivity contribution < 1.29 is 0 Å². The molecular formula is C21H36N2. The highest BCUT2D eigenvalue weighted by Crippen LogP contribution is 2.18. The molecule has 0 bridgehead atoms. The van der Waals surface area contributed by atoms with E-state index in [2.05, 4.69) is 56.2 Å². The predicted molar refractivity (Wildman–Crippen MR) is 104 cm³/mol. The molecule has 0 heterocycles. The van der Waals surface area contributed by atoms with E-state index in [1.165, 1.54) is 67.5 Å². The number of anilines is 1. The second-order valence-corrected chi connectivity index (χ2v) is 6.58. The highest BCUT2D eigenvalue weighted by atomic mass is 14.9. The molecule has 2 heteroatoms. The van der Waals surface area contributed by atoms with Crippen molar-refractivity contribution in [3.8, 4) is 0 Å². The van der Waals surface area contributed by atoms with Gasteiger partial charge >= 0.3 is 0 Å². The summed E-state index contributed by atoms with van der Waals surface area (Å²) in [5.74, 6) is 0. The lowest BCUT2D eigenvalue weighted by Gasteiger charge is -2.11. The first-order chi connectivity index (χ1) is 11.1. The maximum Gasteiger partial charge on any atom is 0.0372 e. The molecule has 0 aliphatic heterocycles. The molecule has 1 aromatic carbocycles. The molecule has 0 saturated carbocycles. The lowest BCUT2D eigenvalue weighted by Crippen LogP contribution is -2.13. The predicted octanol–water partition coefficient (Wildman–Crippen LogP) is 5.96. The lowest BCUT2D eigenvalue weighted by molar-refractivity contribution is 0.596. The molecular weight excluding hydrogens is 280 g/mol. The molecule has 0 aliphatic rings. The first-order valence-corrected chi connectivity index (χ1v) is 9.37. The van der Waals surface area contributed by atoms with E-state index >= 15 is 0 Å². The van der Waals surface area contributed by atoms with Gasteiger partial charge in [-0.05, 0) is 56.7 Å². The number of nitrogens with one attached hydrogen (secondary N) is 2. The molecule has 0 fully saturated rings. The molecule has 0 saturated heterocycles. The zero-order valence-electron chi connectivity index (χ0n) is 15.5. The van der Waals surface area contributed by atoms with Gasteiger partial charge in [-0.25, -0.2) is 0 Å². The fourth-order valence-corrected chi connectivity index (χ4v) is 2.69. The average molecular weight is 317 g/mol. The molecule has 0 atom stereocenters. The third-order valence-corrected chi connectivity index (χ3v) is 4.48. The van der Waals surface area contributed by atoms with Crippen molar-refractivity contribution in [2.45, 2.75) is 72.1 Å². The van der Waals surface area contributed by atoms with Crippen LogP contribution in [0.2, 0.25) is 0 Å². The van der Waals surface area contributed by atoms with Crippen LogP contribution in [0.3, 0.4) is 0 Å². The Morgan fingerprint density at radius 1 is 0.957 bits per heavy atom. The molecule has 2 nitrogen and oxygen atoms in total. The van der Waals surface area contributed by atoms with Crippen molar-refractivity contribution in [2.24, 2.45) is 0 Å². The summed E-state index contributed by atoms with van der Waals surface area (Å²) < 4.78 is 0.